The molecule has 2 aromatic heterocycles. The Labute approximate surface area is 181 Å². The molecule has 9 heteroatoms. The van der Waals surface area contributed by atoms with Gasteiger partial charge in [-0.15, -0.1) is 0 Å². The number of benzene rings is 2. The van der Waals surface area contributed by atoms with Gasteiger partial charge in [0.05, 0.1) is 23.0 Å². The monoisotopic (exact) mass is 441 g/mol. The van der Waals surface area contributed by atoms with E-state index in [9.17, 15) is 9.18 Å². The van der Waals surface area contributed by atoms with Crippen LogP contribution in [0, 0.1) is 5.82 Å². The molecule has 0 aliphatic rings. The van der Waals surface area contributed by atoms with Crippen LogP contribution in [0.25, 0.3) is 16.7 Å². The van der Waals surface area contributed by atoms with Crippen molar-refractivity contribution in [2.24, 2.45) is 0 Å². The molecule has 0 unspecified atom stereocenters. The van der Waals surface area contributed by atoms with Gasteiger partial charge in [0.15, 0.2) is 5.65 Å². The number of fused-ring (bicyclic) bond motifs is 1. The molecule has 6 nitrogen and oxygen atoms in total. The number of thioether (sulfide) groups is 1. The summed E-state index contributed by atoms with van der Waals surface area (Å²) in [7, 11) is 0. The van der Waals surface area contributed by atoms with Gasteiger partial charge >= 0.3 is 0 Å². The quantitative estimate of drug-likeness (QED) is 0.346. The molecule has 4 aromatic rings. The number of halogens is 2. The van der Waals surface area contributed by atoms with E-state index in [1.807, 2.05) is 24.3 Å². The lowest BCUT2D eigenvalue weighted by molar-refractivity contribution is -0.118. The normalized spacial score (nSPS) is 11.0. The van der Waals surface area contributed by atoms with E-state index in [0.717, 1.165) is 17.4 Å². The lowest BCUT2D eigenvalue weighted by Gasteiger charge is -2.06. The summed E-state index contributed by atoms with van der Waals surface area (Å²) in [5, 5.41) is 9.35. The highest BCUT2D eigenvalue weighted by molar-refractivity contribution is 8.00. The first-order valence-electron chi connectivity index (χ1n) is 9.19. The molecular weight excluding hydrogens is 425 g/mol. The van der Waals surface area contributed by atoms with Crippen molar-refractivity contribution in [1.29, 1.82) is 0 Å². The van der Waals surface area contributed by atoms with Crippen LogP contribution in [0.15, 0.2) is 66.1 Å². The molecule has 0 saturated carbocycles. The summed E-state index contributed by atoms with van der Waals surface area (Å²) < 4.78 is 14.8. The summed E-state index contributed by atoms with van der Waals surface area (Å²) in [4.78, 5) is 20.8. The van der Waals surface area contributed by atoms with Crippen molar-refractivity contribution in [2.45, 2.75) is 11.4 Å². The first kappa shape index (κ1) is 20.3. The molecule has 1 amide bonds. The van der Waals surface area contributed by atoms with Crippen molar-refractivity contribution in [3.63, 3.8) is 0 Å². The Morgan fingerprint density at radius 2 is 1.87 bits per heavy atom. The molecule has 152 valence electrons. The third-order valence-electron chi connectivity index (χ3n) is 4.39. The number of carbonyl (C=O) groups excluding carboxylic acids is 1. The van der Waals surface area contributed by atoms with Crippen LogP contribution in [-0.4, -0.2) is 38.0 Å². The first-order valence-corrected chi connectivity index (χ1v) is 10.5. The lowest BCUT2D eigenvalue weighted by Crippen LogP contribution is -2.27. The molecular formula is C21H17ClFN5OS. The number of hydrogen-bond donors (Lipinski definition) is 1. The predicted octanol–water partition coefficient (Wildman–Crippen LogP) is 4.06. The molecule has 4 rings (SSSR count). The molecule has 0 saturated heterocycles. The van der Waals surface area contributed by atoms with Gasteiger partial charge in [0.2, 0.25) is 5.91 Å². The van der Waals surface area contributed by atoms with Crippen LogP contribution in [0.4, 0.5) is 4.39 Å². The van der Waals surface area contributed by atoms with Crippen molar-refractivity contribution in [2.75, 3.05) is 12.3 Å². The van der Waals surface area contributed by atoms with Crippen molar-refractivity contribution in [3.05, 3.63) is 77.5 Å². The number of nitrogens with zero attached hydrogens (tertiary/aromatic N) is 4. The molecule has 0 aliphatic heterocycles. The fourth-order valence-electron chi connectivity index (χ4n) is 2.89. The van der Waals surface area contributed by atoms with E-state index in [-0.39, 0.29) is 17.5 Å². The smallest absolute Gasteiger partial charge is 0.230 e. The van der Waals surface area contributed by atoms with Crippen molar-refractivity contribution < 1.29 is 9.18 Å². The number of aromatic nitrogens is 4. The number of nitrogens with one attached hydrogen (secondary N) is 1. The highest BCUT2D eigenvalue weighted by Crippen LogP contribution is 2.25. The molecule has 0 aliphatic carbocycles. The van der Waals surface area contributed by atoms with E-state index in [1.165, 1.54) is 30.2 Å². The first-order chi connectivity index (χ1) is 14.6. The third-order valence-corrected chi connectivity index (χ3v) is 5.65. The Morgan fingerprint density at radius 1 is 1.10 bits per heavy atom. The van der Waals surface area contributed by atoms with Gasteiger partial charge in [0, 0.05) is 11.6 Å². The molecule has 0 atom stereocenters. The minimum atomic E-state index is -0.317. The fourth-order valence-corrected chi connectivity index (χ4v) is 3.81. The fraction of sp³-hybridized carbons (Fsp3) is 0.143. The number of amides is 1. The van der Waals surface area contributed by atoms with E-state index in [4.69, 9.17) is 11.6 Å². The highest BCUT2D eigenvalue weighted by atomic mass is 35.5. The summed E-state index contributed by atoms with van der Waals surface area (Å²) in [6, 6.07) is 13.6. The second-order valence-corrected chi connectivity index (χ2v) is 7.86. The lowest BCUT2D eigenvalue weighted by atomic mass is 10.1. The van der Waals surface area contributed by atoms with Gasteiger partial charge in [-0.3, -0.25) is 4.79 Å². The summed E-state index contributed by atoms with van der Waals surface area (Å²) >= 11 is 7.20. The van der Waals surface area contributed by atoms with Crippen molar-refractivity contribution in [3.8, 4) is 5.69 Å². The van der Waals surface area contributed by atoms with E-state index < -0.39 is 0 Å². The van der Waals surface area contributed by atoms with Gasteiger partial charge < -0.3 is 5.32 Å². The number of carbonyl (C=O) groups is 1. The Hall–Kier alpha value is -2.97. The Kier molecular flexibility index (Phi) is 6.25. The van der Waals surface area contributed by atoms with Crippen LogP contribution in [-0.2, 0) is 11.2 Å². The van der Waals surface area contributed by atoms with Gasteiger partial charge in [-0.1, -0.05) is 35.5 Å². The molecule has 0 fully saturated rings. The summed E-state index contributed by atoms with van der Waals surface area (Å²) in [6.45, 7) is 0.544. The van der Waals surface area contributed by atoms with Gasteiger partial charge in [-0.25, -0.2) is 19.0 Å². The molecule has 2 aromatic carbocycles. The molecule has 1 N–H and O–H groups in total. The van der Waals surface area contributed by atoms with Gasteiger partial charge in [-0.05, 0) is 48.4 Å². The highest BCUT2D eigenvalue weighted by Gasteiger charge is 2.13. The molecule has 0 bridgehead atoms. The maximum absolute atomic E-state index is 13.2. The van der Waals surface area contributed by atoms with Crippen LogP contribution in [0.2, 0.25) is 5.02 Å². The summed E-state index contributed by atoms with van der Waals surface area (Å²) in [5.41, 5.74) is 2.40. The number of hydrogen-bond acceptors (Lipinski definition) is 5. The zero-order valence-corrected chi connectivity index (χ0v) is 17.3. The van der Waals surface area contributed by atoms with Crippen LogP contribution < -0.4 is 5.32 Å². The Balaban J connectivity index is 1.37. The molecule has 30 heavy (non-hydrogen) atoms. The molecule has 0 spiro atoms. The van der Waals surface area contributed by atoms with Crippen molar-refractivity contribution >= 4 is 40.3 Å². The summed E-state index contributed by atoms with van der Waals surface area (Å²) in [6.07, 6.45) is 3.82. The van der Waals surface area contributed by atoms with Gasteiger partial charge in [0.25, 0.3) is 0 Å². The predicted molar refractivity (Wildman–Crippen MR) is 116 cm³/mol. The molecule has 2 heterocycles. The summed E-state index contributed by atoms with van der Waals surface area (Å²) in [5.74, 6) is -0.163. The maximum Gasteiger partial charge on any atom is 0.230 e. The van der Waals surface area contributed by atoms with Crippen LogP contribution >= 0.6 is 23.4 Å². The van der Waals surface area contributed by atoms with E-state index in [1.54, 1.807) is 23.0 Å². The van der Waals surface area contributed by atoms with Crippen LogP contribution in [0.5, 0.6) is 0 Å². The minimum Gasteiger partial charge on any atom is -0.355 e. The Morgan fingerprint density at radius 3 is 2.63 bits per heavy atom. The van der Waals surface area contributed by atoms with Crippen LogP contribution in [0.3, 0.4) is 0 Å². The SMILES string of the molecule is O=C(CSc1ncnc2c1cnn2-c1ccc(F)cc1)NCCc1ccc(Cl)cc1. The average molecular weight is 442 g/mol. The van der Waals surface area contributed by atoms with Crippen molar-refractivity contribution in [1.82, 2.24) is 25.1 Å². The largest absolute Gasteiger partial charge is 0.355 e. The third kappa shape index (κ3) is 4.77. The minimum absolute atomic E-state index is 0.0772. The van der Waals surface area contributed by atoms with Gasteiger partial charge in [0.1, 0.15) is 17.2 Å². The standard InChI is InChI=1S/C21H17ClFN5OS/c22-15-3-1-14(2-4-15)9-10-24-19(29)12-30-21-18-11-27-28(20(18)25-13-26-21)17-7-5-16(23)6-8-17/h1-8,11,13H,9-10,12H2,(H,24,29). The second-order valence-electron chi connectivity index (χ2n) is 6.46. The van der Waals surface area contributed by atoms with Gasteiger partial charge in [-0.2, -0.15) is 5.10 Å². The zero-order valence-electron chi connectivity index (χ0n) is 15.8. The Bertz CT molecular complexity index is 1160. The average Bonchev–Trinajstić information content (AvgIpc) is 3.19. The number of rotatable bonds is 7. The topological polar surface area (TPSA) is 72.7 Å². The zero-order chi connectivity index (χ0) is 20.9. The van der Waals surface area contributed by atoms with E-state index in [0.29, 0.717) is 27.9 Å². The van der Waals surface area contributed by atoms with Crippen LogP contribution in [0.1, 0.15) is 5.56 Å². The van der Waals surface area contributed by atoms with E-state index >= 15 is 0 Å². The maximum atomic E-state index is 13.2. The second kappa shape index (κ2) is 9.23. The van der Waals surface area contributed by atoms with E-state index in [2.05, 4.69) is 20.4 Å². The molecule has 0 radical (unpaired) electrons.